The number of fused-ring (bicyclic) bond motifs is 1. The van der Waals surface area contributed by atoms with Gasteiger partial charge in [-0.3, -0.25) is 4.79 Å². The molecule has 2 aromatic carbocycles. The van der Waals surface area contributed by atoms with Crippen LogP contribution in [-0.4, -0.2) is 25.1 Å². The number of esters is 1. The lowest BCUT2D eigenvalue weighted by Gasteiger charge is -2.33. The Labute approximate surface area is 230 Å². The molecule has 0 saturated heterocycles. The Morgan fingerprint density at radius 2 is 1.63 bits per heavy atom. The Morgan fingerprint density at radius 1 is 0.974 bits per heavy atom. The molecule has 0 radical (unpaired) electrons. The molecule has 3 aromatic rings. The van der Waals surface area contributed by atoms with E-state index in [0.29, 0.717) is 28.8 Å². The van der Waals surface area contributed by atoms with Crippen molar-refractivity contribution in [3.05, 3.63) is 81.7 Å². The molecule has 0 fully saturated rings. The lowest BCUT2D eigenvalue weighted by molar-refractivity contribution is -0.118. The molecule has 5 nitrogen and oxygen atoms in total. The summed E-state index contributed by atoms with van der Waals surface area (Å²) in [5.41, 5.74) is 3.98. The van der Waals surface area contributed by atoms with Crippen molar-refractivity contribution >= 4 is 28.2 Å². The van der Waals surface area contributed by atoms with Gasteiger partial charge in [-0.15, -0.1) is 11.3 Å². The fraction of sp³-hybridized carbons (Fsp3) is 0.438. The molecular formula is C32H39NO4S. The van der Waals surface area contributed by atoms with Gasteiger partial charge in [-0.2, -0.15) is 0 Å². The van der Waals surface area contributed by atoms with Gasteiger partial charge >= 0.3 is 5.97 Å². The number of rotatable bonds is 8. The first-order valence-corrected chi connectivity index (χ1v) is 14.2. The van der Waals surface area contributed by atoms with Crippen molar-refractivity contribution < 1.29 is 19.1 Å². The second-order valence-electron chi connectivity index (χ2n) is 11.6. The van der Waals surface area contributed by atoms with Crippen LogP contribution in [0.25, 0.3) is 0 Å². The number of amides is 1. The van der Waals surface area contributed by atoms with E-state index in [1.54, 1.807) is 6.92 Å². The van der Waals surface area contributed by atoms with E-state index in [0.717, 1.165) is 30.4 Å². The van der Waals surface area contributed by atoms with Crippen molar-refractivity contribution in [2.45, 2.75) is 66.2 Å². The van der Waals surface area contributed by atoms with E-state index in [4.69, 9.17) is 9.47 Å². The molecule has 4 rings (SSSR count). The second kappa shape index (κ2) is 11.3. The minimum Gasteiger partial charge on any atom is -0.484 e. The van der Waals surface area contributed by atoms with Crippen LogP contribution in [-0.2, 0) is 27.8 Å². The van der Waals surface area contributed by atoms with Crippen molar-refractivity contribution in [3.63, 3.8) is 0 Å². The molecule has 0 saturated carbocycles. The molecule has 1 amide bonds. The van der Waals surface area contributed by atoms with Gasteiger partial charge in [-0.25, -0.2) is 4.79 Å². The third kappa shape index (κ3) is 6.12. The van der Waals surface area contributed by atoms with E-state index in [2.05, 4.69) is 52.1 Å². The zero-order valence-corrected chi connectivity index (χ0v) is 24.2. The Kier molecular flexibility index (Phi) is 8.31. The predicted molar refractivity (Wildman–Crippen MR) is 154 cm³/mol. The first-order valence-electron chi connectivity index (χ1n) is 13.4. The van der Waals surface area contributed by atoms with Crippen LogP contribution in [0.1, 0.15) is 79.9 Å². The van der Waals surface area contributed by atoms with Crippen molar-refractivity contribution in [2.24, 2.45) is 11.3 Å². The van der Waals surface area contributed by atoms with Gasteiger partial charge in [0.25, 0.3) is 5.91 Å². The molecule has 0 spiro atoms. The maximum atomic E-state index is 12.9. The lowest BCUT2D eigenvalue weighted by Crippen LogP contribution is -2.26. The van der Waals surface area contributed by atoms with Crippen LogP contribution in [0, 0.1) is 11.3 Å². The number of hydrogen-bond acceptors (Lipinski definition) is 5. The molecule has 1 aromatic heterocycles. The van der Waals surface area contributed by atoms with Gasteiger partial charge in [0.1, 0.15) is 10.8 Å². The maximum Gasteiger partial charge on any atom is 0.341 e. The molecule has 1 unspecified atom stereocenters. The third-order valence-corrected chi connectivity index (χ3v) is 8.83. The van der Waals surface area contributed by atoms with Gasteiger partial charge in [0.2, 0.25) is 0 Å². The van der Waals surface area contributed by atoms with Crippen LogP contribution in [0.2, 0.25) is 0 Å². The molecule has 0 bridgehead atoms. The van der Waals surface area contributed by atoms with E-state index in [1.807, 2.05) is 42.5 Å². The van der Waals surface area contributed by atoms with E-state index < -0.39 is 0 Å². The predicted octanol–water partition coefficient (Wildman–Crippen LogP) is 7.42. The maximum absolute atomic E-state index is 12.9. The summed E-state index contributed by atoms with van der Waals surface area (Å²) in [6, 6.07) is 18.2. The minimum absolute atomic E-state index is 0.142. The quantitative estimate of drug-likeness (QED) is 0.306. The van der Waals surface area contributed by atoms with Gasteiger partial charge in [-0.1, -0.05) is 77.1 Å². The monoisotopic (exact) mass is 533 g/mol. The van der Waals surface area contributed by atoms with Crippen LogP contribution in [0.3, 0.4) is 0 Å². The number of benzene rings is 2. The van der Waals surface area contributed by atoms with E-state index in [9.17, 15) is 9.59 Å². The van der Waals surface area contributed by atoms with Gasteiger partial charge in [0, 0.05) is 10.3 Å². The number of carbonyl (C=O) groups is 2. The standard InChI is InChI=1S/C32H39NO4S/c1-7-36-30(35)28-25-18-15-23(31(2,3)4)19-26(25)38-29(28)33-27(34)20-37-24-16-13-22(14-17-24)32(5,6)21-11-9-8-10-12-21/h8-14,16-17,23H,7,15,18-20H2,1-6H3,(H,33,34). The highest BCUT2D eigenvalue weighted by Crippen LogP contribution is 2.44. The van der Waals surface area contributed by atoms with Crippen molar-refractivity contribution in [2.75, 3.05) is 18.5 Å². The fourth-order valence-electron chi connectivity index (χ4n) is 5.13. The number of anilines is 1. The summed E-state index contributed by atoms with van der Waals surface area (Å²) in [6.07, 6.45) is 2.75. The van der Waals surface area contributed by atoms with Crippen molar-refractivity contribution in [3.8, 4) is 5.75 Å². The van der Waals surface area contributed by atoms with Gasteiger partial charge in [-0.05, 0) is 66.3 Å². The molecule has 1 atom stereocenters. The SMILES string of the molecule is CCOC(=O)c1c(NC(=O)COc2ccc(C(C)(C)c3ccccc3)cc2)sc2c1CCC(C(C)(C)C)C2. The molecule has 38 heavy (non-hydrogen) atoms. The first-order chi connectivity index (χ1) is 18.0. The Morgan fingerprint density at radius 3 is 2.26 bits per heavy atom. The summed E-state index contributed by atoms with van der Waals surface area (Å²) in [5.74, 6) is 0.490. The normalized spacial score (nSPS) is 15.5. The Bertz CT molecular complexity index is 1270. The summed E-state index contributed by atoms with van der Waals surface area (Å²) in [4.78, 5) is 26.9. The summed E-state index contributed by atoms with van der Waals surface area (Å²) in [7, 11) is 0. The van der Waals surface area contributed by atoms with Crippen LogP contribution < -0.4 is 10.1 Å². The smallest absolute Gasteiger partial charge is 0.341 e. The average molecular weight is 534 g/mol. The summed E-state index contributed by atoms with van der Waals surface area (Å²) in [5, 5.41) is 3.51. The molecule has 1 N–H and O–H groups in total. The zero-order chi connectivity index (χ0) is 27.5. The largest absolute Gasteiger partial charge is 0.484 e. The van der Waals surface area contributed by atoms with Crippen LogP contribution in [0.4, 0.5) is 5.00 Å². The fourth-order valence-corrected chi connectivity index (χ4v) is 6.46. The third-order valence-electron chi connectivity index (χ3n) is 7.66. The molecule has 6 heteroatoms. The average Bonchev–Trinajstić information content (AvgIpc) is 3.25. The number of carbonyl (C=O) groups excluding carboxylic acids is 2. The second-order valence-corrected chi connectivity index (χ2v) is 12.7. The van der Waals surface area contributed by atoms with Gasteiger partial charge in [0.15, 0.2) is 6.61 Å². The highest BCUT2D eigenvalue weighted by atomic mass is 32.1. The van der Waals surface area contributed by atoms with Gasteiger partial charge < -0.3 is 14.8 Å². The molecule has 1 aliphatic rings. The highest BCUT2D eigenvalue weighted by Gasteiger charge is 2.34. The summed E-state index contributed by atoms with van der Waals surface area (Å²) >= 11 is 1.50. The molecule has 0 aliphatic heterocycles. The highest BCUT2D eigenvalue weighted by molar-refractivity contribution is 7.17. The van der Waals surface area contributed by atoms with E-state index >= 15 is 0 Å². The zero-order valence-electron chi connectivity index (χ0n) is 23.4. The van der Waals surface area contributed by atoms with E-state index in [1.165, 1.54) is 21.8 Å². The van der Waals surface area contributed by atoms with Crippen LogP contribution >= 0.6 is 11.3 Å². The number of thiophene rings is 1. The molecule has 1 aliphatic carbocycles. The van der Waals surface area contributed by atoms with Crippen molar-refractivity contribution in [1.82, 2.24) is 0 Å². The topological polar surface area (TPSA) is 64.6 Å². The number of ether oxygens (including phenoxy) is 2. The first kappa shape index (κ1) is 27.9. The Hall–Kier alpha value is -3.12. The minimum atomic E-state index is -0.368. The van der Waals surface area contributed by atoms with E-state index in [-0.39, 0.29) is 29.3 Å². The van der Waals surface area contributed by atoms with Gasteiger partial charge in [0.05, 0.1) is 12.2 Å². The summed E-state index contributed by atoms with van der Waals surface area (Å²) in [6.45, 7) is 13.1. The number of hydrogen-bond donors (Lipinski definition) is 1. The molecule has 1 heterocycles. The molecular weight excluding hydrogens is 494 g/mol. The van der Waals surface area contributed by atoms with Crippen LogP contribution in [0.5, 0.6) is 5.75 Å². The van der Waals surface area contributed by atoms with Crippen LogP contribution in [0.15, 0.2) is 54.6 Å². The number of nitrogens with one attached hydrogen (secondary N) is 1. The molecule has 202 valence electrons. The Balaban J connectivity index is 1.44. The lowest BCUT2D eigenvalue weighted by atomic mass is 9.72. The van der Waals surface area contributed by atoms with Crippen molar-refractivity contribution in [1.29, 1.82) is 0 Å². The summed E-state index contributed by atoms with van der Waals surface area (Å²) < 4.78 is 11.2.